The molecule has 0 spiro atoms. The van der Waals surface area contributed by atoms with Gasteiger partial charge >= 0.3 is 0 Å². The second kappa shape index (κ2) is 8.82. The molecule has 0 atom stereocenters. The number of ether oxygens (including phenoxy) is 1. The maximum absolute atomic E-state index is 5.62. The average Bonchev–Trinajstić information content (AvgIpc) is 2.37. The lowest BCUT2D eigenvalue weighted by atomic mass is 10.4. The zero-order chi connectivity index (χ0) is 12.3. The van der Waals surface area contributed by atoms with Gasteiger partial charge in [-0.25, -0.2) is 4.98 Å². The highest BCUT2D eigenvalue weighted by atomic mass is 16.5. The van der Waals surface area contributed by atoms with Gasteiger partial charge in [0.15, 0.2) is 11.6 Å². The van der Waals surface area contributed by atoms with Crippen LogP contribution in [-0.4, -0.2) is 31.2 Å². The van der Waals surface area contributed by atoms with E-state index in [9.17, 15) is 0 Å². The predicted octanol–water partition coefficient (Wildman–Crippen LogP) is 2.28. The molecule has 0 saturated heterocycles. The van der Waals surface area contributed by atoms with Crippen molar-refractivity contribution in [1.82, 2.24) is 10.3 Å². The largest absolute Gasteiger partial charge is 0.490 e. The summed E-state index contributed by atoms with van der Waals surface area (Å²) in [6.07, 6.45) is 3.95. The van der Waals surface area contributed by atoms with Crippen LogP contribution in [0.25, 0.3) is 0 Å². The van der Waals surface area contributed by atoms with Crippen molar-refractivity contribution in [2.45, 2.75) is 26.7 Å². The molecule has 0 aliphatic heterocycles. The molecule has 96 valence electrons. The third-order valence-electron chi connectivity index (χ3n) is 2.25. The van der Waals surface area contributed by atoms with Crippen LogP contribution in [0.15, 0.2) is 18.3 Å². The lowest BCUT2D eigenvalue weighted by molar-refractivity contribution is 0.318. The van der Waals surface area contributed by atoms with Gasteiger partial charge in [0.05, 0.1) is 6.61 Å². The maximum Gasteiger partial charge on any atom is 0.168 e. The molecule has 0 bridgehead atoms. The minimum Gasteiger partial charge on any atom is -0.490 e. The SMILES string of the molecule is CCCNCCNc1ncccc1OCCC. The number of pyridine rings is 1. The van der Waals surface area contributed by atoms with E-state index < -0.39 is 0 Å². The predicted molar refractivity (Wildman–Crippen MR) is 71.7 cm³/mol. The van der Waals surface area contributed by atoms with E-state index in [2.05, 4.69) is 29.5 Å². The van der Waals surface area contributed by atoms with Crippen LogP contribution < -0.4 is 15.4 Å². The summed E-state index contributed by atoms with van der Waals surface area (Å²) in [5.41, 5.74) is 0. The molecule has 4 nitrogen and oxygen atoms in total. The van der Waals surface area contributed by atoms with Crippen molar-refractivity contribution in [1.29, 1.82) is 0 Å². The van der Waals surface area contributed by atoms with Gasteiger partial charge in [-0.1, -0.05) is 13.8 Å². The lowest BCUT2D eigenvalue weighted by Gasteiger charge is -2.11. The highest BCUT2D eigenvalue weighted by Gasteiger charge is 2.02. The number of hydrogen-bond donors (Lipinski definition) is 2. The zero-order valence-electron chi connectivity index (χ0n) is 10.8. The molecule has 0 unspecified atom stereocenters. The lowest BCUT2D eigenvalue weighted by Crippen LogP contribution is -2.23. The van der Waals surface area contributed by atoms with Crippen molar-refractivity contribution >= 4 is 5.82 Å². The molecule has 4 heteroatoms. The second-order valence-electron chi connectivity index (χ2n) is 3.88. The molecule has 17 heavy (non-hydrogen) atoms. The summed E-state index contributed by atoms with van der Waals surface area (Å²) in [5, 5.41) is 6.62. The van der Waals surface area contributed by atoms with Crippen molar-refractivity contribution in [2.75, 3.05) is 31.6 Å². The molecule has 0 saturated carbocycles. The first-order valence-electron chi connectivity index (χ1n) is 6.40. The number of hydrogen-bond acceptors (Lipinski definition) is 4. The molecule has 1 aromatic heterocycles. The molecule has 0 amide bonds. The standard InChI is InChI=1S/C13H23N3O/c1-3-7-14-9-10-16-13-12(17-11-4-2)6-5-8-15-13/h5-6,8,14H,3-4,7,9-11H2,1-2H3,(H,15,16). The van der Waals surface area contributed by atoms with Crippen LogP contribution in [0.5, 0.6) is 5.75 Å². The van der Waals surface area contributed by atoms with Crippen LogP contribution in [0, 0.1) is 0 Å². The van der Waals surface area contributed by atoms with Crippen LogP contribution in [0.4, 0.5) is 5.82 Å². The third kappa shape index (κ3) is 5.54. The van der Waals surface area contributed by atoms with E-state index in [0.29, 0.717) is 0 Å². The second-order valence-corrected chi connectivity index (χ2v) is 3.88. The Labute approximate surface area is 104 Å². The zero-order valence-corrected chi connectivity index (χ0v) is 10.8. The van der Waals surface area contributed by atoms with E-state index in [1.807, 2.05) is 12.1 Å². The van der Waals surface area contributed by atoms with Crippen LogP contribution in [0.2, 0.25) is 0 Å². The van der Waals surface area contributed by atoms with Gasteiger partial charge in [-0.3, -0.25) is 0 Å². The van der Waals surface area contributed by atoms with E-state index >= 15 is 0 Å². The Morgan fingerprint density at radius 2 is 2.06 bits per heavy atom. The Hall–Kier alpha value is -1.29. The van der Waals surface area contributed by atoms with Crippen LogP contribution >= 0.6 is 0 Å². The van der Waals surface area contributed by atoms with Crippen molar-refractivity contribution in [3.8, 4) is 5.75 Å². The summed E-state index contributed by atoms with van der Waals surface area (Å²) in [4.78, 5) is 4.29. The van der Waals surface area contributed by atoms with Crippen LogP contribution in [0.3, 0.4) is 0 Å². The monoisotopic (exact) mass is 237 g/mol. The highest BCUT2D eigenvalue weighted by molar-refractivity contribution is 5.49. The Morgan fingerprint density at radius 3 is 2.82 bits per heavy atom. The number of nitrogens with one attached hydrogen (secondary N) is 2. The minimum absolute atomic E-state index is 0.731. The number of anilines is 1. The fourth-order valence-corrected chi connectivity index (χ4v) is 1.42. The fourth-order valence-electron chi connectivity index (χ4n) is 1.42. The highest BCUT2D eigenvalue weighted by Crippen LogP contribution is 2.20. The summed E-state index contributed by atoms with van der Waals surface area (Å²) in [7, 11) is 0. The summed E-state index contributed by atoms with van der Waals surface area (Å²) < 4.78 is 5.62. The Morgan fingerprint density at radius 1 is 1.18 bits per heavy atom. The van der Waals surface area contributed by atoms with Crippen molar-refractivity contribution in [2.24, 2.45) is 0 Å². The van der Waals surface area contributed by atoms with Gasteiger partial charge in [-0.2, -0.15) is 0 Å². The van der Waals surface area contributed by atoms with Gasteiger partial charge in [-0.05, 0) is 31.5 Å². The number of rotatable bonds is 9. The first kappa shape index (κ1) is 13.8. The van der Waals surface area contributed by atoms with Gasteiger partial charge in [0, 0.05) is 19.3 Å². The van der Waals surface area contributed by atoms with Gasteiger partial charge < -0.3 is 15.4 Å². The summed E-state index contributed by atoms with van der Waals surface area (Å²) in [5.74, 6) is 1.67. The first-order valence-corrected chi connectivity index (χ1v) is 6.40. The maximum atomic E-state index is 5.62. The molecular weight excluding hydrogens is 214 g/mol. The molecule has 0 radical (unpaired) electrons. The molecule has 1 rings (SSSR count). The topological polar surface area (TPSA) is 46.2 Å². The summed E-state index contributed by atoms with van der Waals surface area (Å²) >= 11 is 0. The van der Waals surface area contributed by atoms with E-state index in [0.717, 1.165) is 50.7 Å². The molecule has 1 aromatic rings. The van der Waals surface area contributed by atoms with E-state index in [4.69, 9.17) is 4.74 Å². The average molecular weight is 237 g/mol. The molecular formula is C13H23N3O. The smallest absolute Gasteiger partial charge is 0.168 e. The Bertz CT molecular complexity index is 304. The molecule has 0 fully saturated rings. The number of nitrogens with zero attached hydrogens (tertiary/aromatic N) is 1. The van der Waals surface area contributed by atoms with Crippen LogP contribution in [-0.2, 0) is 0 Å². The van der Waals surface area contributed by atoms with Gasteiger partial charge in [-0.15, -0.1) is 0 Å². The first-order chi connectivity index (χ1) is 8.38. The van der Waals surface area contributed by atoms with Gasteiger partial charge in [0.1, 0.15) is 0 Å². The quantitative estimate of drug-likeness (QED) is 0.647. The Balaban J connectivity index is 2.35. The van der Waals surface area contributed by atoms with E-state index in [1.165, 1.54) is 0 Å². The third-order valence-corrected chi connectivity index (χ3v) is 2.25. The normalized spacial score (nSPS) is 10.2. The van der Waals surface area contributed by atoms with Gasteiger partial charge in [0.2, 0.25) is 0 Å². The molecule has 1 heterocycles. The minimum atomic E-state index is 0.731. The van der Waals surface area contributed by atoms with E-state index in [1.54, 1.807) is 6.20 Å². The molecule has 0 aliphatic carbocycles. The van der Waals surface area contributed by atoms with Crippen molar-refractivity contribution in [3.63, 3.8) is 0 Å². The summed E-state index contributed by atoms with van der Waals surface area (Å²) in [6.45, 7) is 7.85. The van der Waals surface area contributed by atoms with Crippen molar-refractivity contribution in [3.05, 3.63) is 18.3 Å². The van der Waals surface area contributed by atoms with Crippen molar-refractivity contribution < 1.29 is 4.74 Å². The molecule has 0 aliphatic rings. The van der Waals surface area contributed by atoms with E-state index in [-0.39, 0.29) is 0 Å². The van der Waals surface area contributed by atoms with Gasteiger partial charge in [0.25, 0.3) is 0 Å². The van der Waals surface area contributed by atoms with Crippen LogP contribution in [0.1, 0.15) is 26.7 Å². The Kier molecular flexibility index (Phi) is 7.14. The molecule has 2 N–H and O–H groups in total. The molecule has 0 aromatic carbocycles. The number of aromatic nitrogens is 1. The fraction of sp³-hybridized carbons (Fsp3) is 0.615. The summed E-state index contributed by atoms with van der Waals surface area (Å²) in [6, 6.07) is 3.84.